The Balaban J connectivity index is 1.44. The number of rotatable bonds is 5. The average molecular weight is 425 g/mol. The quantitative estimate of drug-likeness (QED) is 0.645. The first-order chi connectivity index (χ1) is 14.5. The van der Waals surface area contributed by atoms with Gasteiger partial charge < -0.3 is 20.3 Å². The molecule has 1 aliphatic rings. The number of anilines is 4. The van der Waals surface area contributed by atoms with Crippen LogP contribution in [0, 0.1) is 20.8 Å². The molecule has 3 aromatic rings. The topological polar surface area (TPSA) is 92.3 Å². The molecule has 1 amide bonds. The van der Waals surface area contributed by atoms with E-state index in [0.717, 1.165) is 46.8 Å². The van der Waals surface area contributed by atoms with Crippen molar-refractivity contribution in [3.63, 3.8) is 0 Å². The van der Waals surface area contributed by atoms with E-state index in [-0.39, 0.29) is 5.91 Å². The van der Waals surface area contributed by atoms with Crippen molar-refractivity contribution in [3.05, 3.63) is 51.7 Å². The summed E-state index contributed by atoms with van der Waals surface area (Å²) in [5.74, 6) is 2.20. The molecule has 4 rings (SSSR count). The Morgan fingerprint density at radius 2 is 1.73 bits per heavy atom. The highest BCUT2D eigenvalue weighted by molar-refractivity contribution is 7.13. The minimum absolute atomic E-state index is 0.139. The highest BCUT2D eigenvalue weighted by atomic mass is 32.1. The second-order valence-electron chi connectivity index (χ2n) is 7.06. The van der Waals surface area contributed by atoms with Crippen LogP contribution in [0.15, 0.2) is 30.3 Å². The minimum atomic E-state index is -0.139. The lowest BCUT2D eigenvalue weighted by Gasteiger charge is -2.28. The van der Waals surface area contributed by atoms with Gasteiger partial charge in [0.2, 0.25) is 0 Å². The molecule has 0 spiro atoms. The van der Waals surface area contributed by atoms with Gasteiger partial charge in [-0.3, -0.25) is 4.79 Å². The van der Waals surface area contributed by atoms with Crippen LogP contribution in [0.4, 0.5) is 23.0 Å². The van der Waals surface area contributed by atoms with Crippen molar-refractivity contribution >= 4 is 40.3 Å². The van der Waals surface area contributed by atoms with Crippen LogP contribution in [0.3, 0.4) is 0 Å². The fourth-order valence-corrected chi connectivity index (χ4v) is 4.10. The number of morpholine rings is 1. The number of aromatic nitrogens is 3. The molecule has 0 unspecified atom stereocenters. The predicted octanol–water partition coefficient (Wildman–Crippen LogP) is 3.69. The number of benzene rings is 1. The number of nitrogens with zero attached hydrogens (tertiary/aromatic N) is 4. The lowest BCUT2D eigenvalue weighted by atomic mass is 10.2. The maximum Gasteiger partial charge on any atom is 0.267 e. The Bertz CT molecular complexity index is 1040. The normalized spacial score (nSPS) is 13.9. The van der Waals surface area contributed by atoms with E-state index in [9.17, 15) is 4.79 Å². The summed E-state index contributed by atoms with van der Waals surface area (Å²) < 4.78 is 5.42. The Hall–Kier alpha value is -3.04. The summed E-state index contributed by atoms with van der Waals surface area (Å²) in [6.07, 6.45) is 0. The number of hydrogen-bond acceptors (Lipinski definition) is 8. The number of carbonyl (C=O) groups excluding carboxylic acids is 1. The van der Waals surface area contributed by atoms with E-state index in [1.54, 1.807) is 0 Å². The molecule has 0 radical (unpaired) electrons. The van der Waals surface area contributed by atoms with Crippen molar-refractivity contribution < 1.29 is 9.53 Å². The molecule has 30 heavy (non-hydrogen) atoms. The molecular formula is C21H24N6O2S. The molecule has 9 heteroatoms. The summed E-state index contributed by atoms with van der Waals surface area (Å²) in [5.41, 5.74) is 2.36. The van der Waals surface area contributed by atoms with Crippen LogP contribution < -0.4 is 15.5 Å². The number of thiazole rings is 1. The first kappa shape index (κ1) is 20.2. The zero-order valence-corrected chi connectivity index (χ0v) is 18.0. The predicted molar refractivity (Wildman–Crippen MR) is 119 cm³/mol. The minimum Gasteiger partial charge on any atom is -0.378 e. The van der Waals surface area contributed by atoms with E-state index in [1.165, 1.54) is 11.3 Å². The number of carbonyl (C=O) groups is 1. The summed E-state index contributed by atoms with van der Waals surface area (Å²) in [6.45, 7) is 8.69. The summed E-state index contributed by atoms with van der Waals surface area (Å²) >= 11 is 1.40. The van der Waals surface area contributed by atoms with Gasteiger partial charge in [-0.2, -0.15) is 0 Å². The Labute approximate surface area is 179 Å². The van der Waals surface area contributed by atoms with Gasteiger partial charge in [0.15, 0.2) is 0 Å². The number of amides is 1. The molecule has 1 aromatic carbocycles. The summed E-state index contributed by atoms with van der Waals surface area (Å²) in [6, 6.07) is 9.49. The third-order valence-corrected chi connectivity index (χ3v) is 5.76. The SMILES string of the molecule is Cc1nc(Nc2ccc(NC(=O)c3sc(C)nc3C)cc2)cc(N2CCOCC2)n1. The van der Waals surface area contributed by atoms with Crippen molar-refractivity contribution in [2.24, 2.45) is 0 Å². The number of hydrogen-bond donors (Lipinski definition) is 2. The van der Waals surface area contributed by atoms with Crippen molar-refractivity contribution in [3.8, 4) is 0 Å². The molecule has 1 saturated heterocycles. The molecule has 2 N–H and O–H groups in total. The van der Waals surface area contributed by atoms with Crippen molar-refractivity contribution in [2.75, 3.05) is 41.8 Å². The van der Waals surface area contributed by atoms with Crippen LogP contribution in [-0.4, -0.2) is 47.2 Å². The van der Waals surface area contributed by atoms with E-state index in [2.05, 4.69) is 30.5 Å². The van der Waals surface area contributed by atoms with Crippen LogP contribution in [0.2, 0.25) is 0 Å². The summed E-state index contributed by atoms with van der Waals surface area (Å²) in [5, 5.41) is 7.13. The largest absolute Gasteiger partial charge is 0.378 e. The number of aryl methyl sites for hydroxylation is 3. The standard InChI is InChI=1S/C21H24N6O2S/c1-13-20(30-15(3)22-13)21(28)26-17-6-4-16(5-7-17)25-18-12-19(24-14(2)23-18)27-8-10-29-11-9-27/h4-7,12H,8-11H2,1-3H3,(H,26,28)(H,23,24,25). The van der Waals surface area contributed by atoms with Crippen molar-refractivity contribution in [1.82, 2.24) is 15.0 Å². The third kappa shape index (κ3) is 4.74. The molecular weight excluding hydrogens is 400 g/mol. The van der Waals surface area contributed by atoms with Gasteiger partial charge in [0.25, 0.3) is 5.91 Å². The van der Waals surface area contributed by atoms with E-state index >= 15 is 0 Å². The van der Waals surface area contributed by atoms with Gasteiger partial charge in [0.1, 0.15) is 22.3 Å². The summed E-state index contributed by atoms with van der Waals surface area (Å²) in [4.78, 5) is 28.7. The zero-order chi connectivity index (χ0) is 21.1. The average Bonchev–Trinajstić information content (AvgIpc) is 3.08. The van der Waals surface area contributed by atoms with E-state index in [4.69, 9.17) is 4.74 Å². The Kier molecular flexibility index (Phi) is 5.91. The van der Waals surface area contributed by atoms with E-state index < -0.39 is 0 Å². The highest BCUT2D eigenvalue weighted by Crippen LogP contribution is 2.23. The van der Waals surface area contributed by atoms with Crippen LogP contribution >= 0.6 is 11.3 Å². The second kappa shape index (κ2) is 8.76. The molecule has 3 heterocycles. The maximum absolute atomic E-state index is 12.5. The van der Waals surface area contributed by atoms with Gasteiger partial charge in [-0.15, -0.1) is 11.3 Å². The molecule has 1 aliphatic heterocycles. The fourth-order valence-electron chi connectivity index (χ4n) is 3.29. The zero-order valence-electron chi connectivity index (χ0n) is 17.2. The second-order valence-corrected chi connectivity index (χ2v) is 8.27. The Morgan fingerprint density at radius 3 is 2.40 bits per heavy atom. The lowest BCUT2D eigenvalue weighted by molar-refractivity contribution is 0.103. The lowest BCUT2D eigenvalue weighted by Crippen LogP contribution is -2.36. The van der Waals surface area contributed by atoms with Crippen molar-refractivity contribution in [1.29, 1.82) is 0 Å². The molecule has 0 saturated carbocycles. The first-order valence-electron chi connectivity index (χ1n) is 9.79. The fraction of sp³-hybridized carbons (Fsp3) is 0.333. The Morgan fingerprint density at radius 1 is 1.03 bits per heavy atom. The van der Waals surface area contributed by atoms with E-state index in [0.29, 0.717) is 23.9 Å². The molecule has 2 aromatic heterocycles. The van der Waals surface area contributed by atoms with Gasteiger partial charge in [-0.05, 0) is 45.0 Å². The van der Waals surface area contributed by atoms with Crippen LogP contribution in [0.1, 0.15) is 26.2 Å². The van der Waals surface area contributed by atoms with Crippen molar-refractivity contribution in [2.45, 2.75) is 20.8 Å². The molecule has 156 valence electrons. The molecule has 0 bridgehead atoms. The van der Waals surface area contributed by atoms with Crippen LogP contribution in [0.5, 0.6) is 0 Å². The molecule has 8 nitrogen and oxygen atoms in total. The maximum atomic E-state index is 12.5. The van der Waals surface area contributed by atoms with Crippen LogP contribution in [-0.2, 0) is 4.74 Å². The molecule has 0 aliphatic carbocycles. The molecule has 1 fully saturated rings. The van der Waals surface area contributed by atoms with Gasteiger partial charge in [-0.25, -0.2) is 15.0 Å². The number of ether oxygens (including phenoxy) is 1. The highest BCUT2D eigenvalue weighted by Gasteiger charge is 2.15. The smallest absolute Gasteiger partial charge is 0.267 e. The van der Waals surface area contributed by atoms with Crippen LogP contribution in [0.25, 0.3) is 0 Å². The number of nitrogens with one attached hydrogen (secondary N) is 2. The summed E-state index contributed by atoms with van der Waals surface area (Å²) in [7, 11) is 0. The molecule has 0 atom stereocenters. The third-order valence-electron chi connectivity index (χ3n) is 4.68. The van der Waals surface area contributed by atoms with Gasteiger partial charge in [0.05, 0.1) is 23.9 Å². The van der Waals surface area contributed by atoms with Gasteiger partial charge >= 0.3 is 0 Å². The van der Waals surface area contributed by atoms with E-state index in [1.807, 2.05) is 51.1 Å². The first-order valence-corrected chi connectivity index (χ1v) is 10.6. The monoisotopic (exact) mass is 424 g/mol. The van der Waals surface area contributed by atoms with Gasteiger partial charge in [-0.1, -0.05) is 0 Å². The van der Waals surface area contributed by atoms with Gasteiger partial charge in [0, 0.05) is 30.5 Å².